The molecule has 3 aromatic rings. The number of anilines is 1. The first kappa shape index (κ1) is 17.4. The van der Waals surface area contributed by atoms with Gasteiger partial charge in [-0.15, -0.1) is 0 Å². The van der Waals surface area contributed by atoms with Crippen LogP contribution in [-0.2, 0) is 9.53 Å². The number of para-hydroxylation sites is 1. The molecule has 6 nitrogen and oxygen atoms in total. The molecule has 0 radical (unpaired) electrons. The van der Waals surface area contributed by atoms with Crippen molar-refractivity contribution in [3.63, 3.8) is 0 Å². The maximum Gasteiger partial charge on any atom is 0.338 e. The van der Waals surface area contributed by atoms with Crippen molar-refractivity contribution in [2.45, 2.75) is 13.8 Å². The summed E-state index contributed by atoms with van der Waals surface area (Å²) in [6.45, 7) is 3.55. The van der Waals surface area contributed by atoms with Crippen molar-refractivity contribution in [3.05, 3.63) is 77.6 Å². The van der Waals surface area contributed by atoms with E-state index in [1.165, 1.54) is 0 Å². The quantitative estimate of drug-likeness (QED) is 0.718. The molecule has 1 heterocycles. The van der Waals surface area contributed by atoms with E-state index in [0.717, 1.165) is 17.1 Å². The van der Waals surface area contributed by atoms with Crippen molar-refractivity contribution in [1.82, 2.24) is 9.78 Å². The average molecular weight is 349 g/mol. The SMILES string of the molecule is Cc1cc(C)n(-c2ccc(C(=O)OCC(=O)Nc3ccccc3)cc2)n1. The third-order valence-corrected chi connectivity index (χ3v) is 3.75. The maximum absolute atomic E-state index is 12.1. The van der Waals surface area contributed by atoms with Crippen LogP contribution in [0, 0.1) is 13.8 Å². The van der Waals surface area contributed by atoms with Gasteiger partial charge in [0, 0.05) is 11.4 Å². The van der Waals surface area contributed by atoms with Crippen molar-refractivity contribution in [3.8, 4) is 5.69 Å². The number of esters is 1. The number of rotatable bonds is 5. The fourth-order valence-electron chi connectivity index (χ4n) is 2.56. The molecule has 0 saturated heterocycles. The Labute approximate surface area is 151 Å². The van der Waals surface area contributed by atoms with Crippen LogP contribution in [0.15, 0.2) is 60.7 Å². The van der Waals surface area contributed by atoms with E-state index in [1.54, 1.807) is 41.1 Å². The second-order valence-corrected chi connectivity index (χ2v) is 5.88. The minimum atomic E-state index is -0.548. The number of ether oxygens (including phenoxy) is 1. The first-order valence-electron chi connectivity index (χ1n) is 8.18. The van der Waals surface area contributed by atoms with E-state index in [1.807, 2.05) is 38.1 Å². The second-order valence-electron chi connectivity index (χ2n) is 5.88. The zero-order valence-corrected chi connectivity index (χ0v) is 14.6. The fraction of sp³-hybridized carbons (Fsp3) is 0.150. The smallest absolute Gasteiger partial charge is 0.338 e. The summed E-state index contributed by atoms with van der Waals surface area (Å²) in [4.78, 5) is 23.9. The number of hydrogen-bond donors (Lipinski definition) is 1. The lowest BCUT2D eigenvalue weighted by atomic mass is 10.2. The molecule has 0 aliphatic heterocycles. The predicted octanol–water partition coefficient (Wildman–Crippen LogP) is 3.28. The Bertz CT molecular complexity index is 915. The molecule has 0 spiro atoms. The summed E-state index contributed by atoms with van der Waals surface area (Å²) in [6, 6.07) is 17.9. The summed E-state index contributed by atoms with van der Waals surface area (Å²) in [5.41, 5.74) is 3.82. The highest BCUT2D eigenvalue weighted by molar-refractivity contribution is 5.95. The van der Waals surface area contributed by atoms with Crippen LogP contribution in [0.1, 0.15) is 21.7 Å². The molecule has 0 aliphatic carbocycles. The summed E-state index contributed by atoms with van der Waals surface area (Å²) in [5.74, 6) is -0.933. The van der Waals surface area contributed by atoms with Gasteiger partial charge < -0.3 is 10.1 Å². The number of carbonyl (C=O) groups is 2. The summed E-state index contributed by atoms with van der Waals surface area (Å²) < 4.78 is 6.87. The Hall–Kier alpha value is -3.41. The molecule has 1 amide bonds. The largest absolute Gasteiger partial charge is 0.452 e. The Balaban J connectivity index is 1.58. The summed E-state index contributed by atoms with van der Waals surface area (Å²) >= 11 is 0. The number of nitrogens with one attached hydrogen (secondary N) is 1. The molecule has 0 bridgehead atoms. The lowest BCUT2D eigenvalue weighted by molar-refractivity contribution is -0.119. The summed E-state index contributed by atoms with van der Waals surface area (Å²) in [5, 5.41) is 7.06. The van der Waals surface area contributed by atoms with Crippen LogP contribution in [0.2, 0.25) is 0 Å². The molecule has 3 rings (SSSR count). The van der Waals surface area contributed by atoms with E-state index >= 15 is 0 Å². The highest BCUT2D eigenvalue weighted by Crippen LogP contribution is 2.14. The van der Waals surface area contributed by atoms with Crippen LogP contribution in [0.3, 0.4) is 0 Å². The third kappa shape index (κ3) is 4.16. The second kappa shape index (κ2) is 7.65. The summed E-state index contributed by atoms with van der Waals surface area (Å²) in [6.07, 6.45) is 0. The number of nitrogens with zero attached hydrogens (tertiary/aromatic N) is 2. The number of benzene rings is 2. The van der Waals surface area contributed by atoms with Crippen LogP contribution in [0.4, 0.5) is 5.69 Å². The van der Waals surface area contributed by atoms with E-state index in [9.17, 15) is 9.59 Å². The van der Waals surface area contributed by atoms with E-state index in [-0.39, 0.29) is 12.5 Å². The minimum absolute atomic E-state index is 0.340. The van der Waals surface area contributed by atoms with Crippen molar-refractivity contribution in [2.75, 3.05) is 11.9 Å². The van der Waals surface area contributed by atoms with Gasteiger partial charge in [-0.3, -0.25) is 4.79 Å². The lowest BCUT2D eigenvalue weighted by Crippen LogP contribution is -2.20. The molecule has 0 aliphatic rings. The monoisotopic (exact) mass is 349 g/mol. The van der Waals surface area contributed by atoms with Crippen LogP contribution in [-0.4, -0.2) is 28.3 Å². The number of hydrogen-bond acceptors (Lipinski definition) is 4. The van der Waals surface area contributed by atoms with Crippen LogP contribution in [0.5, 0.6) is 0 Å². The van der Waals surface area contributed by atoms with E-state index < -0.39 is 5.97 Å². The third-order valence-electron chi connectivity index (χ3n) is 3.75. The highest BCUT2D eigenvalue weighted by atomic mass is 16.5. The first-order chi connectivity index (χ1) is 12.5. The van der Waals surface area contributed by atoms with Crippen molar-refractivity contribution >= 4 is 17.6 Å². The maximum atomic E-state index is 12.1. The average Bonchev–Trinajstić information content (AvgIpc) is 2.99. The molecule has 132 valence electrons. The van der Waals surface area contributed by atoms with Gasteiger partial charge in [-0.05, 0) is 56.3 Å². The van der Waals surface area contributed by atoms with Gasteiger partial charge in [-0.2, -0.15) is 5.10 Å². The standard InChI is InChI=1S/C20H19N3O3/c1-14-12-15(2)23(22-14)18-10-8-16(9-11-18)20(25)26-13-19(24)21-17-6-4-3-5-7-17/h3-12H,13H2,1-2H3,(H,21,24). The molecule has 26 heavy (non-hydrogen) atoms. The molecule has 2 aromatic carbocycles. The Morgan fingerprint density at radius 1 is 1.04 bits per heavy atom. The van der Waals surface area contributed by atoms with Crippen molar-refractivity contribution in [1.29, 1.82) is 0 Å². The van der Waals surface area contributed by atoms with E-state index in [2.05, 4.69) is 10.4 Å². The lowest BCUT2D eigenvalue weighted by Gasteiger charge is -2.08. The highest BCUT2D eigenvalue weighted by Gasteiger charge is 2.11. The predicted molar refractivity (Wildman–Crippen MR) is 98.4 cm³/mol. The molecule has 0 fully saturated rings. The Kier molecular flexibility index (Phi) is 5.12. The van der Waals surface area contributed by atoms with Gasteiger partial charge in [0.2, 0.25) is 0 Å². The van der Waals surface area contributed by atoms with Gasteiger partial charge in [0.25, 0.3) is 5.91 Å². The van der Waals surface area contributed by atoms with Crippen LogP contribution >= 0.6 is 0 Å². The Morgan fingerprint density at radius 2 is 1.73 bits per heavy atom. The van der Waals surface area contributed by atoms with Gasteiger partial charge in [0.1, 0.15) is 0 Å². The van der Waals surface area contributed by atoms with Crippen molar-refractivity contribution < 1.29 is 14.3 Å². The van der Waals surface area contributed by atoms with Crippen LogP contribution < -0.4 is 5.32 Å². The minimum Gasteiger partial charge on any atom is -0.452 e. The number of carbonyl (C=O) groups excluding carboxylic acids is 2. The van der Waals surface area contributed by atoms with Gasteiger partial charge in [-0.1, -0.05) is 18.2 Å². The topological polar surface area (TPSA) is 73.2 Å². The van der Waals surface area contributed by atoms with Gasteiger partial charge in [-0.25, -0.2) is 9.48 Å². The number of aromatic nitrogens is 2. The van der Waals surface area contributed by atoms with E-state index in [0.29, 0.717) is 11.3 Å². The number of aryl methyl sites for hydroxylation is 2. The molecule has 6 heteroatoms. The van der Waals surface area contributed by atoms with E-state index in [4.69, 9.17) is 4.74 Å². The molecular formula is C20H19N3O3. The molecule has 1 aromatic heterocycles. The van der Waals surface area contributed by atoms with Gasteiger partial charge >= 0.3 is 5.97 Å². The van der Waals surface area contributed by atoms with Crippen molar-refractivity contribution in [2.24, 2.45) is 0 Å². The fourth-order valence-corrected chi connectivity index (χ4v) is 2.56. The van der Waals surface area contributed by atoms with Gasteiger partial charge in [0.05, 0.1) is 16.9 Å². The molecule has 0 unspecified atom stereocenters. The molecule has 0 saturated carbocycles. The van der Waals surface area contributed by atoms with Gasteiger partial charge in [0.15, 0.2) is 6.61 Å². The van der Waals surface area contributed by atoms with Crippen LogP contribution in [0.25, 0.3) is 5.69 Å². The zero-order valence-electron chi connectivity index (χ0n) is 14.6. The molecular weight excluding hydrogens is 330 g/mol. The summed E-state index contributed by atoms with van der Waals surface area (Å²) in [7, 11) is 0. The Morgan fingerprint density at radius 3 is 2.35 bits per heavy atom. The number of amides is 1. The molecule has 0 atom stereocenters. The first-order valence-corrected chi connectivity index (χ1v) is 8.18. The molecule has 1 N–H and O–H groups in total. The normalized spacial score (nSPS) is 10.4. The zero-order chi connectivity index (χ0) is 18.5.